The summed E-state index contributed by atoms with van der Waals surface area (Å²) in [5.41, 5.74) is 2.79. The molecule has 1 aromatic heterocycles. The van der Waals surface area contributed by atoms with E-state index in [1.54, 1.807) is 12.1 Å². The molecule has 1 aliphatic heterocycles. The first-order chi connectivity index (χ1) is 9.99. The average molecular weight is 348 g/mol. The SMILES string of the molecule is Cc1cc2n(c1C(=O)c1ccc(Br)cc1)CCC2C(=O)O. The van der Waals surface area contributed by atoms with E-state index in [1.807, 2.05) is 29.7 Å². The third kappa shape index (κ3) is 2.31. The molecule has 0 radical (unpaired) electrons. The average Bonchev–Trinajstić information content (AvgIpc) is 2.96. The molecule has 1 atom stereocenters. The number of halogens is 1. The Kier molecular flexibility index (Phi) is 3.45. The van der Waals surface area contributed by atoms with Crippen LogP contribution in [0, 0.1) is 6.92 Å². The zero-order valence-corrected chi connectivity index (χ0v) is 13.1. The predicted molar refractivity (Wildman–Crippen MR) is 81.7 cm³/mol. The molecule has 1 aliphatic rings. The highest BCUT2D eigenvalue weighted by Gasteiger charge is 2.33. The molecular weight excluding hydrogens is 334 g/mol. The maximum atomic E-state index is 12.7. The van der Waals surface area contributed by atoms with Crippen LogP contribution in [0.5, 0.6) is 0 Å². The van der Waals surface area contributed by atoms with Gasteiger partial charge >= 0.3 is 5.97 Å². The molecule has 0 saturated carbocycles. The number of benzene rings is 1. The number of aromatic nitrogens is 1. The van der Waals surface area contributed by atoms with E-state index in [9.17, 15) is 14.7 Å². The summed E-state index contributed by atoms with van der Waals surface area (Å²) in [4.78, 5) is 24.0. The van der Waals surface area contributed by atoms with Gasteiger partial charge in [-0.1, -0.05) is 15.9 Å². The van der Waals surface area contributed by atoms with Crippen LogP contribution < -0.4 is 0 Å². The van der Waals surface area contributed by atoms with Crippen molar-refractivity contribution in [3.8, 4) is 0 Å². The molecule has 3 rings (SSSR count). The molecule has 2 aromatic rings. The van der Waals surface area contributed by atoms with Gasteiger partial charge in [0.25, 0.3) is 0 Å². The van der Waals surface area contributed by atoms with Gasteiger partial charge in [-0.2, -0.15) is 0 Å². The van der Waals surface area contributed by atoms with E-state index in [0.29, 0.717) is 24.2 Å². The molecule has 108 valence electrons. The molecule has 1 unspecified atom stereocenters. The van der Waals surface area contributed by atoms with Crippen LogP contribution in [0.4, 0.5) is 0 Å². The van der Waals surface area contributed by atoms with Crippen molar-refractivity contribution in [3.05, 3.63) is 57.3 Å². The number of aliphatic carboxylic acids is 1. The quantitative estimate of drug-likeness (QED) is 0.866. The van der Waals surface area contributed by atoms with Gasteiger partial charge in [0.05, 0.1) is 11.6 Å². The van der Waals surface area contributed by atoms with E-state index in [1.165, 1.54) is 0 Å². The number of hydrogen-bond donors (Lipinski definition) is 1. The molecule has 1 aromatic carbocycles. The molecule has 21 heavy (non-hydrogen) atoms. The van der Waals surface area contributed by atoms with Crippen LogP contribution in [0.25, 0.3) is 0 Å². The molecule has 0 fully saturated rings. The number of carboxylic acid groups (broad SMARTS) is 1. The van der Waals surface area contributed by atoms with E-state index in [-0.39, 0.29) is 5.78 Å². The molecule has 2 heterocycles. The van der Waals surface area contributed by atoms with Crippen molar-refractivity contribution < 1.29 is 14.7 Å². The van der Waals surface area contributed by atoms with Crippen molar-refractivity contribution in [1.82, 2.24) is 4.57 Å². The van der Waals surface area contributed by atoms with Crippen molar-refractivity contribution in [2.24, 2.45) is 0 Å². The van der Waals surface area contributed by atoms with Crippen LogP contribution in [0.2, 0.25) is 0 Å². The van der Waals surface area contributed by atoms with Crippen LogP contribution in [0.15, 0.2) is 34.8 Å². The number of carbonyl (C=O) groups is 2. The molecule has 0 amide bonds. The maximum Gasteiger partial charge on any atom is 0.312 e. The van der Waals surface area contributed by atoms with Gasteiger partial charge in [0, 0.05) is 22.3 Å². The fourth-order valence-corrected chi connectivity index (χ4v) is 3.20. The lowest BCUT2D eigenvalue weighted by Crippen LogP contribution is -2.10. The van der Waals surface area contributed by atoms with Crippen LogP contribution in [-0.4, -0.2) is 21.4 Å². The zero-order valence-electron chi connectivity index (χ0n) is 11.5. The third-order valence-electron chi connectivity index (χ3n) is 3.94. The topological polar surface area (TPSA) is 59.3 Å². The molecular formula is C16H14BrNO3. The Hall–Kier alpha value is -1.88. The third-order valence-corrected chi connectivity index (χ3v) is 4.47. The molecule has 5 heteroatoms. The van der Waals surface area contributed by atoms with Gasteiger partial charge in [0.15, 0.2) is 0 Å². The van der Waals surface area contributed by atoms with Crippen molar-refractivity contribution in [3.63, 3.8) is 0 Å². The highest BCUT2D eigenvalue weighted by atomic mass is 79.9. The van der Waals surface area contributed by atoms with Crippen molar-refractivity contribution in [1.29, 1.82) is 0 Å². The van der Waals surface area contributed by atoms with Gasteiger partial charge in [-0.05, 0) is 49.2 Å². The lowest BCUT2D eigenvalue weighted by molar-refractivity contribution is -0.138. The Morgan fingerprint density at radius 2 is 1.95 bits per heavy atom. The highest BCUT2D eigenvalue weighted by molar-refractivity contribution is 9.10. The monoisotopic (exact) mass is 347 g/mol. The number of hydrogen-bond acceptors (Lipinski definition) is 2. The second kappa shape index (κ2) is 5.15. The van der Waals surface area contributed by atoms with Crippen molar-refractivity contribution in [2.45, 2.75) is 25.8 Å². The van der Waals surface area contributed by atoms with E-state index in [4.69, 9.17) is 0 Å². The van der Waals surface area contributed by atoms with E-state index >= 15 is 0 Å². The minimum absolute atomic E-state index is 0.0581. The number of carbonyl (C=O) groups excluding carboxylic acids is 1. The maximum absolute atomic E-state index is 12.7. The summed E-state index contributed by atoms with van der Waals surface area (Å²) in [6.45, 7) is 2.44. The fourth-order valence-electron chi connectivity index (χ4n) is 2.94. The molecule has 0 aliphatic carbocycles. The van der Waals surface area contributed by atoms with Crippen LogP contribution in [-0.2, 0) is 11.3 Å². The number of nitrogens with zero attached hydrogens (tertiary/aromatic N) is 1. The van der Waals surface area contributed by atoms with Gasteiger partial charge in [-0.25, -0.2) is 0 Å². The lowest BCUT2D eigenvalue weighted by Gasteiger charge is -2.07. The van der Waals surface area contributed by atoms with E-state index in [2.05, 4.69) is 15.9 Å². The summed E-state index contributed by atoms with van der Waals surface area (Å²) >= 11 is 3.35. The summed E-state index contributed by atoms with van der Waals surface area (Å²) < 4.78 is 2.78. The molecule has 0 bridgehead atoms. The van der Waals surface area contributed by atoms with Gasteiger partial charge in [-0.15, -0.1) is 0 Å². The first-order valence-corrected chi connectivity index (χ1v) is 7.51. The Bertz CT molecular complexity index is 731. The minimum Gasteiger partial charge on any atom is -0.481 e. The van der Waals surface area contributed by atoms with E-state index < -0.39 is 11.9 Å². The number of fused-ring (bicyclic) bond motifs is 1. The first kappa shape index (κ1) is 14.1. The standard InChI is InChI=1S/C16H14BrNO3/c1-9-8-13-12(16(20)21)6-7-18(13)14(9)15(19)10-2-4-11(17)5-3-10/h2-5,8,12H,6-7H2,1H3,(H,20,21). The molecule has 1 N–H and O–H groups in total. The molecule has 0 spiro atoms. The van der Waals surface area contributed by atoms with Crippen molar-refractivity contribution >= 4 is 27.7 Å². The number of ketones is 1. The van der Waals surface area contributed by atoms with Crippen LogP contribution in [0.1, 0.15) is 39.6 Å². The predicted octanol–water partition coefficient (Wildman–Crippen LogP) is 3.36. The second-order valence-corrected chi connectivity index (χ2v) is 6.18. The van der Waals surface area contributed by atoms with Crippen molar-refractivity contribution in [2.75, 3.05) is 0 Å². The number of aryl methyl sites for hydroxylation is 1. The fraction of sp³-hybridized carbons (Fsp3) is 0.250. The Morgan fingerprint density at radius 3 is 2.57 bits per heavy atom. The molecule has 0 saturated heterocycles. The van der Waals surface area contributed by atoms with Crippen LogP contribution >= 0.6 is 15.9 Å². The minimum atomic E-state index is -0.825. The normalized spacial score (nSPS) is 16.8. The summed E-state index contributed by atoms with van der Waals surface area (Å²) in [5.74, 6) is -1.39. The Labute approximate surface area is 130 Å². The summed E-state index contributed by atoms with van der Waals surface area (Å²) in [5, 5.41) is 9.24. The summed E-state index contributed by atoms with van der Waals surface area (Å²) in [7, 11) is 0. The summed E-state index contributed by atoms with van der Waals surface area (Å²) in [6.07, 6.45) is 0.547. The van der Waals surface area contributed by atoms with Gasteiger partial charge in [0.2, 0.25) is 5.78 Å². The van der Waals surface area contributed by atoms with Crippen LogP contribution in [0.3, 0.4) is 0 Å². The highest BCUT2D eigenvalue weighted by Crippen LogP contribution is 2.33. The zero-order chi connectivity index (χ0) is 15.1. The number of carboxylic acids is 1. The van der Waals surface area contributed by atoms with Gasteiger partial charge < -0.3 is 9.67 Å². The second-order valence-electron chi connectivity index (χ2n) is 5.27. The first-order valence-electron chi connectivity index (χ1n) is 6.72. The Morgan fingerprint density at radius 1 is 1.29 bits per heavy atom. The van der Waals surface area contributed by atoms with Gasteiger partial charge in [-0.3, -0.25) is 9.59 Å². The largest absolute Gasteiger partial charge is 0.481 e. The number of rotatable bonds is 3. The van der Waals surface area contributed by atoms with E-state index in [0.717, 1.165) is 15.7 Å². The summed E-state index contributed by atoms with van der Waals surface area (Å²) in [6, 6.07) is 9.04. The lowest BCUT2D eigenvalue weighted by atomic mass is 10.0. The smallest absolute Gasteiger partial charge is 0.312 e. The molecule has 4 nitrogen and oxygen atoms in total. The Balaban J connectivity index is 2.04. The van der Waals surface area contributed by atoms with Gasteiger partial charge in [0.1, 0.15) is 0 Å².